The Morgan fingerprint density at radius 1 is 1.24 bits per heavy atom. The average molecular weight is 323 g/mol. The Morgan fingerprint density at radius 2 is 1.95 bits per heavy atom. The van der Waals surface area contributed by atoms with E-state index in [0.717, 1.165) is 5.56 Å². The van der Waals surface area contributed by atoms with Gasteiger partial charge in [-0.25, -0.2) is 0 Å². The highest BCUT2D eigenvalue weighted by Crippen LogP contribution is 2.10. The van der Waals surface area contributed by atoms with E-state index in [4.69, 9.17) is 11.6 Å². The van der Waals surface area contributed by atoms with Crippen molar-refractivity contribution >= 4 is 34.8 Å². The highest BCUT2D eigenvalue weighted by atomic mass is 35.5. The molecule has 0 aliphatic carbocycles. The number of amides is 2. The van der Waals surface area contributed by atoms with E-state index in [1.807, 2.05) is 17.5 Å². The van der Waals surface area contributed by atoms with Crippen LogP contribution in [0.4, 0.5) is 0 Å². The van der Waals surface area contributed by atoms with Gasteiger partial charge in [-0.3, -0.25) is 9.59 Å². The van der Waals surface area contributed by atoms with Crippen molar-refractivity contribution in [3.05, 3.63) is 57.2 Å². The van der Waals surface area contributed by atoms with Crippen molar-refractivity contribution in [1.29, 1.82) is 0 Å². The molecule has 1 aromatic heterocycles. The van der Waals surface area contributed by atoms with Gasteiger partial charge in [0.1, 0.15) is 6.04 Å². The molecule has 0 saturated carbocycles. The van der Waals surface area contributed by atoms with Gasteiger partial charge in [0, 0.05) is 11.6 Å². The van der Waals surface area contributed by atoms with Gasteiger partial charge in [-0.1, -0.05) is 29.8 Å². The second kappa shape index (κ2) is 7.24. The Morgan fingerprint density at radius 3 is 2.57 bits per heavy atom. The monoisotopic (exact) mass is 322 g/mol. The molecule has 2 rings (SSSR count). The topological polar surface area (TPSA) is 58.2 Å². The van der Waals surface area contributed by atoms with Crippen molar-refractivity contribution in [2.24, 2.45) is 0 Å². The minimum absolute atomic E-state index is 0.227. The predicted octanol–water partition coefficient (Wildman–Crippen LogP) is 2.84. The largest absolute Gasteiger partial charge is 0.350 e. The molecule has 1 heterocycles. The number of halogens is 1. The number of hydrogen-bond donors (Lipinski definition) is 2. The van der Waals surface area contributed by atoms with Crippen molar-refractivity contribution in [3.8, 4) is 0 Å². The van der Waals surface area contributed by atoms with Crippen molar-refractivity contribution in [1.82, 2.24) is 10.6 Å². The van der Waals surface area contributed by atoms with E-state index in [1.54, 1.807) is 31.2 Å². The van der Waals surface area contributed by atoms with Crippen molar-refractivity contribution < 1.29 is 9.59 Å². The summed E-state index contributed by atoms with van der Waals surface area (Å²) in [5.41, 5.74) is 0.949. The molecule has 110 valence electrons. The third kappa shape index (κ3) is 4.58. The zero-order valence-electron chi connectivity index (χ0n) is 11.4. The van der Waals surface area contributed by atoms with Crippen LogP contribution < -0.4 is 10.6 Å². The number of carbonyl (C=O) groups excluding carboxylic acids is 2. The standard InChI is InChI=1S/C15H15ClN2O2S/c1-10(18-15(20)13-3-2-8-21-13)14(19)17-9-11-4-6-12(16)7-5-11/h2-8,10H,9H2,1H3,(H,17,19)(H,18,20). The number of carbonyl (C=O) groups is 2. The van der Waals surface area contributed by atoms with Gasteiger partial charge in [0.15, 0.2) is 0 Å². The Labute approximate surface area is 132 Å². The zero-order valence-corrected chi connectivity index (χ0v) is 13.0. The maximum absolute atomic E-state index is 11.9. The average Bonchev–Trinajstić information content (AvgIpc) is 3.00. The normalized spacial score (nSPS) is 11.7. The fourth-order valence-electron chi connectivity index (χ4n) is 1.69. The van der Waals surface area contributed by atoms with E-state index in [2.05, 4.69) is 10.6 Å². The number of benzene rings is 1. The summed E-state index contributed by atoms with van der Waals surface area (Å²) in [7, 11) is 0. The summed E-state index contributed by atoms with van der Waals surface area (Å²) < 4.78 is 0. The van der Waals surface area contributed by atoms with Crippen LogP contribution in [0.1, 0.15) is 22.2 Å². The smallest absolute Gasteiger partial charge is 0.261 e. The maximum atomic E-state index is 11.9. The molecular formula is C15H15ClN2O2S. The highest BCUT2D eigenvalue weighted by Gasteiger charge is 2.16. The minimum atomic E-state index is -0.591. The molecule has 4 nitrogen and oxygen atoms in total. The molecule has 21 heavy (non-hydrogen) atoms. The maximum Gasteiger partial charge on any atom is 0.261 e. The SMILES string of the molecule is CC(NC(=O)c1cccs1)C(=O)NCc1ccc(Cl)cc1. The lowest BCUT2D eigenvalue weighted by Gasteiger charge is -2.13. The van der Waals surface area contributed by atoms with Gasteiger partial charge in [-0.15, -0.1) is 11.3 Å². The molecular weight excluding hydrogens is 308 g/mol. The van der Waals surface area contributed by atoms with E-state index in [0.29, 0.717) is 16.4 Å². The van der Waals surface area contributed by atoms with Gasteiger partial charge in [-0.05, 0) is 36.1 Å². The first kappa shape index (κ1) is 15.5. The third-order valence-corrected chi connectivity index (χ3v) is 3.99. The molecule has 1 aromatic carbocycles. The number of hydrogen-bond acceptors (Lipinski definition) is 3. The molecule has 0 radical (unpaired) electrons. The van der Waals surface area contributed by atoms with Gasteiger partial charge < -0.3 is 10.6 Å². The van der Waals surface area contributed by atoms with Crippen LogP contribution in [0.25, 0.3) is 0 Å². The fourth-order valence-corrected chi connectivity index (χ4v) is 2.44. The van der Waals surface area contributed by atoms with Crippen LogP contribution in [0, 0.1) is 0 Å². The van der Waals surface area contributed by atoms with Crippen molar-refractivity contribution in [3.63, 3.8) is 0 Å². The molecule has 0 bridgehead atoms. The molecule has 1 atom stereocenters. The van der Waals surface area contributed by atoms with E-state index < -0.39 is 6.04 Å². The van der Waals surface area contributed by atoms with Crippen molar-refractivity contribution in [2.45, 2.75) is 19.5 Å². The first-order valence-corrected chi connectivity index (χ1v) is 7.68. The molecule has 2 N–H and O–H groups in total. The van der Waals surface area contributed by atoms with Crippen LogP contribution in [-0.2, 0) is 11.3 Å². The predicted molar refractivity (Wildman–Crippen MR) is 84.5 cm³/mol. The molecule has 0 aliphatic rings. The number of thiophene rings is 1. The quantitative estimate of drug-likeness (QED) is 0.889. The Hall–Kier alpha value is -1.85. The highest BCUT2D eigenvalue weighted by molar-refractivity contribution is 7.12. The summed E-state index contributed by atoms with van der Waals surface area (Å²) >= 11 is 7.14. The van der Waals surface area contributed by atoms with Crippen LogP contribution in [0.2, 0.25) is 5.02 Å². The lowest BCUT2D eigenvalue weighted by Crippen LogP contribution is -2.44. The second-order valence-electron chi connectivity index (χ2n) is 4.52. The summed E-state index contributed by atoms with van der Waals surface area (Å²) in [6.45, 7) is 2.05. The Kier molecular flexibility index (Phi) is 5.36. The molecule has 0 aliphatic heterocycles. The van der Waals surface area contributed by atoms with E-state index in [-0.39, 0.29) is 11.8 Å². The molecule has 1 unspecified atom stereocenters. The van der Waals surface area contributed by atoms with E-state index in [9.17, 15) is 9.59 Å². The molecule has 0 saturated heterocycles. The lowest BCUT2D eigenvalue weighted by atomic mass is 10.2. The Balaban J connectivity index is 1.82. The molecule has 2 aromatic rings. The summed E-state index contributed by atoms with van der Waals surface area (Å²) in [5.74, 6) is -0.464. The molecule has 0 spiro atoms. The van der Waals surface area contributed by atoms with Gasteiger partial charge in [0.05, 0.1) is 4.88 Å². The Bertz CT molecular complexity index is 611. The van der Waals surface area contributed by atoms with Gasteiger partial charge in [0.2, 0.25) is 5.91 Å². The summed E-state index contributed by atoms with van der Waals surface area (Å²) in [6.07, 6.45) is 0. The lowest BCUT2D eigenvalue weighted by molar-refractivity contribution is -0.122. The third-order valence-electron chi connectivity index (χ3n) is 2.87. The van der Waals surface area contributed by atoms with Crippen molar-refractivity contribution in [2.75, 3.05) is 0 Å². The van der Waals surface area contributed by atoms with Crippen LogP contribution in [-0.4, -0.2) is 17.9 Å². The van der Waals surface area contributed by atoms with E-state index >= 15 is 0 Å². The summed E-state index contributed by atoms with van der Waals surface area (Å²) in [5, 5.41) is 7.92. The van der Waals surface area contributed by atoms with Crippen LogP contribution in [0.3, 0.4) is 0 Å². The first-order chi connectivity index (χ1) is 10.1. The first-order valence-electron chi connectivity index (χ1n) is 6.43. The summed E-state index contributed by atoms with van der Waals surface area (Å²) in [6, 6.07) is 10.2. The van der Waals surface area contributed by atoms with Gasteiger partial charge >= 0.3 is 0 Å². The molecule has 0 fully saturated rings. The fraction of sp³-hybridized carbons (Fsp3) is 0.200. The van der Waals surface area contributed by atoms with Gasteiger partial charge in [-0.2, -0.15) is 0 Å². The molecule has 6 heteroatoms. The van der Waals surface area contributed by atoms with E-state index in [1.165, 1.54) is 11.3 Å². The second-order valence-corrected chi connectivity index (χ2v) is 5.90. The van der Waals surface area contributed by atoms with Crippen LogP contribution in [0.15, 0.2) is 41.8 Å². The number of rotatable bonds is 5. The van der Waals surface area contributed by atoms with Crippen LogP contribution >= 0.6 is 22.9 Å². The minimum Gasteiger partial charge on any atom is -0.350 e. The van der Waals surface area contributed by atoms with Crippen LogP contribution in [0.5, 0.6) is 0 Å². The molecule has 2 amide bonds. The van der Waals surface area contributed by atoms with Gasteiger partial charge in [0.25, 0.3) is 5.91 Å². The zero-order chi connectivity index (χ0) is 15.2. The summed E-state index contributed by atoms with van der Waals surface area (Å²) in [4.78, 5) is 24.4. The number of nitrogens with one attached hydrogen (secondary N) is 2.